The van der Waals surface area contributed by atoms with E-state index in [0.29, 0.717) is 5.56 Å². The SMILES string of the molecule is O=C(CNc1cccc(C(F)(F)F)c1)c1ccccc1. The minimum absolute atomic E-state index is 0.0503. The second-order valence-corrected chi connectivity index (χ2v) is 4.22. The van der Waals surface area contributed by atoms with Crippen LogP contribution >= 0.6 is 0 Å². The largest absolute Gasteiger partial charge is 0.416 e. The van der Waals surface area contributed by atoms with Gasteiger partial charge in [-0.3, -0.25) is 4.79 Å². The third kappa shape index (κ3) is 3.60. The number of benzene rings is 2. The molecular formula is C15H12F3NO. The van der Waals surface area contributed by atoms with Crippen molar-refractivity contribution in [1.82, 2.24) is 0 Å². The molecule has 0 unspecified atom stereocenters. The summed E-state index contributed by atoms with van der Waals surface area (Å²) in [6.07, 6.45) is -4.39. The summed E-state index contributed by atoms with van der Waals surface area (Å²) in [5.74, 6) is -0.178. The van der Waals surface area contributed by atoms with Crippen molar-refractivity contribution in [3.8, 4) is 0 Å². The number of Topliss-reactive ketones (excluding diaryl/α,β-unsaturated/α-hetero) is 1. The van der Waals surface area contributed by atoms with Crippen molar-refractivity contribution >= 4 is 11.5 Å². The van der Waals surface area contributed by atoms with Crippen LogP contribution in [0.4, 0.5) is 18.9 Å². The van der Waals surface area contributed by atoms with Crippen LogP contribution in [-0.2, 0) is 6.18 Å². The van der Waals surface area contributed by atoms with Gasteiger partial charge in [-0.15, -0.1) is 0 Å². The summed E-state index contributed by atoms with van der Waals surface area (Å²) in [5, 5.41) is 2.71. The first-order valence-corrected chi connectivity index (χ1v) is 5.96. The number of rotatable bonds is 4. The summed E-state index contributed by atoms with van der Waals surface area (Å²) < 4.78 is 37.6. The summed E-state index contributed by atoms with van der Waals surface area (Å²) >= 11 is 0. The van der Waals surface area contributed by atoms with Crippen molar-refractivity contribution in [2.24, 2.45) is 0 Å². The Hall–Kier alpha value is -2.30. The second kappa shape index (κ2) is 5.77. The number of nitrogens with one attached hydrogen (secondary N) is 1. The number of alkyl halides is 3. The summed E-state index contributed by atoms with van der Waals surface area (Å²) in [7, 11) is 0. The molecule has 0 spiro atoms. The molecule has 0 saturated carbocycles. The molecule has 0 fully saturated rings. The van der Waals surface area contributed by atoms with E-state index in [4.69, 9.17) is 0 Å². The van der Waals surface area contributed by atoms with Gasteiger partial charge < -0.3 is 5.32 Å². The molecule has 0 aliphatic carbocycles. The van der Waals surface area contributed by atoms with E-state index in [1.807, 2.05) is 0 Å². The van der Waals surface area contributed by atoms with E-state index < -0.39 is 11.7 Å². The third-order valence-corrected chi connectivity index (χ3v) is 2.74. The van der Waals surface area contributed by atoms with Crippen LogP contribution < -0.4 is 5.32 Å². The molecule has 2 aromatic carbocycles. The van der Waals surface area contributed by atoms with E-state index in [9.17, 15) is 18.0 Å². The van der Waals surface area contributed by atoms with Crippen molar-refractivity contribution in [1.29, 1.82) is 0 Å². The van der Waals surface area contributed by atoms with Gasteiger partial charge in [0, 0.05) is 11.3 Å². The second-order valence-electron chi connectivity index (χ2n) is 4.22. The first kappa shape index (κ1) is 14.1. The molecule has 0 aliphatic heterocycles. The zero-order chi connectivity index (χ0) is 14.6. The Morgan fingerprint density at radius 1 is 1.00 bits per heavy atom. The van der Waals surface area contributed by atoms with E-state index in [-0.39, 0.29) is 18.0 Å². The van der Waals surface area contributed by atoms with Gasteiger partial charge in [0.05, 0.1) is 12.1 Å². The fourth-order valence-corrected chi connectivity index (χ4v) is 1.71. The first-order valence-electron chi connectivity index (χ1n) is 5.96. The maximum Gasteiger partial charge on any atom is 0.416 e. The highest BCUT2D eigenvalue weighted by Gasteiger charge is 2.30. The summed E-state index contributed by atoms with van der Waals surface area (Å²) in [4.78, 5) is 11.8. The molecule has 0 aliphatic rings. The molecule has 0 bridgehead atoms. The van der Waals surface area contributed by atoms with Gasteiger partial charge >= 0.3 is 6.18 Å². The molecule has 0 aromatic heterocycles. The van der Waals surface area contributed by atoms with Gasteiger partial charge in [-0.25, -0.2) is 0 Å². The molecule has 2 aromatic rings. The minimum Gasteiger partial charge on any atom is -0.378 e. The predicted octanol–water partition coefficient (Wildman–Crippen LogP) is 4.00. The highest BCUT2D eigenvalue weighted by atomic mass is 19.4. The lowest BCUT2D eigenvalue weighted by molar-refractivity contribution is -0.137. The normalized spacial score (nSPS) is 11.2. The Balaban J connectivity index is 2.03. The van der Waals surface area contributed by atoms with Crippen LogP contribution in [0.15, 0.2) is 54.6 Å². The molecule has 0 saturated heterocycles. The zero-order valence-corrected chi connectivity index (χ0v) is 10.4. The smallest absolute Gasteiger partial charge is 0.378 e. The molecule has 2 rings (SSSR count). The first-order chi connectivity index (χ1) is 9.47. The van der Waals surface area contributed by atoms with Crippen LogP contribution in [-0.4, -0.2) is 12.3 Å². The van der Waals surface area contributed by atoms with Gasteiger partial charge in [0.25, 0.3) is 0 Å². The number of carbonyl (C=O) groups is 1. The lowest BCUT2D eigenvalue weighted by Crippen LogP contribution is -2.14. The molecule has 20 heavy (non-hydrogen) atoms. The third-order valence-electron chi connectivity index (χ3n) is 2.74. The van der Waals surface area contributed by atoms with Crippen molar-refractivity contribution in [2.75, 3.05) is 11.9 Å². The Labute approximate surface area is 114 Å². The quantitative estimate of drug-likeness (QED) is 0.857. The molecule has 0 atom stereocenters. The van der Waals surface area contributed by atoms with Gasteiger partial charge in [-0.05, 0) is 18.2 Å². The molecule has 0 heterocycles. The fourth-order valence-electron chi connectivity index (χ4n) is 1.71. The van der Waals surface area contributed by atoms with Crippen LogP contribution in [0.3, 0.4) is 0 Å². The number of halogens is 3. The van der Waals surface area contributed by atoms with Crippen molar-refractivity contribution in [3.05, 3.63) is 65.7 Å². The Bertz CT molecular complexity index is 594. The van der Waals surface area contributed by atoms with E-state index in [0.717, 1.165) is 12.1 Å². The van der Waals surface area contributed by atoms with Crippen molar-refractivity contribution in [2.45, 2.75) is 6.18 Å². The minimum atomic E-state index is -4.39. The predicted molar refractivity (Wildman–Crippen MR) is 70.7 cm³/mol. The molecular weight excluding hydrogens is 267 g/mol. The standard InChI is InChI=1S/C15H12F3NO/c16-15(17,18)12-7-4-8-13(9-12)19-10-14(20)11-5-2-1-3-6-11/h1-9,19H,10H2. The Morgan fingerprint density at radius 2 is 1.70 bits per heavy atom. The van der Waals surface area contributed by atoms with Crippen LogP contribution in [0.2, 0.25) is 0 Å². The number of ketones is 1. The lowest BCUT2D eigenvalue weighted by Gasteiger charge is -2.10. The maximum atomic E-state index is 12.5. The topological polar surface area (TPSA) is 29.1 Å². The van der Waals surface area contributed by atoms with Crippen molar-refractivity contribution in [3.63, 3.8) is 0 Å². The van der Waals surface area contributed by atoms with Crippen LogP contribution in [0, 0.1) is 0 Å². The highest BCUT2D eigenvalue weighted by molar-refractivity contribution is 5.98. The number of carbonyl (C=O) groups excluding carboxylic acids is 1. The molecule has 2 nitrogen and oxygen atoms in total. The fraction of sp³-hybridized carbons (Fsp3) is 0.133. The molecule has 5 heteroatoms. The molecule has 1 N–H and O–H groups in total. The van der Waals surface area contributed by atoms with Gasteiger partial charge in [-0.1, -0.05) is 36.4 Å². The number of hydrogen-bond donors (Lipinski definition) is 1. The summed E-state index contributed by atoms with van der Waals surface area (Å²) in [6, 6.07) is 13.4. The average Bonchev–Trinajstić information content (AvgIpc) is 2.45. The average molecular weight is 279 g/mol. The van der Waals surface area contributed by atoms with E-state index in [2.05, 4.69) is 5.32 Å². The van der Waals surface area contributed by atoms with Gasteiger partial charge in [0.2, 0.25) is 0 Å². The van der Waals surface area contributed by atoms with Gasteiger partial charge in [0.1, 0.15) is 0 Å². The highest BCUT2D eigenvalue weighted by Crippen LogP contribution is 2.30. The summed E-state index contributed by atoms with van der Waals surface area (Å²) in [6.45, 7) is -0.0503. The van der Waals surface area contributed by atoms with Crippen LogP contribution in [0.5, 0.6) is 0 Å². The lowest BCUT2D eigenvalue weighted by atomic mass is 10.1. The number of hydrogen-bond acceptors (Lipinski definition) is 2. The Kier molecular flexibility index (Phi) is 4.08. The monoisotopic (exact) mass is 279 g/mol. The Morgan fingerprint density at radius 3 is 2.35 bits per heavy atom. The molecule has 0 radical (unpaired) electrons. The van der Waals surface area contributed by atoms with E-state index in [1.165, 1.54) is 12.1 Å². The van der Waals surface area contributed by atoms with Crippen molar-refractivity contribution < 1.29 is 18.0 Å². The van der Waals surface area contributed by atoms with Crippen LogP contribution in [0.1, 0.15) is 15.9 Å². The van der Waals surface area contributed by atoms with E-state index >= 15 is 0 Å². The molecule has 104 valence electrons. The van der Waals surface area contributed by atoms with E-state index in [1.54, 1.807) is 30.3 Å². The maximum absolute atomic E-state index is 12.5. The molecule has 0 amide bonds. The zero-order valence-electron chi connectivity index (χ0n) is 10.4. The van der Waals surface area contributed by atoms with Gasteiger partial charge in [0.15, 0.2) is 5.78 Å². The van der Waals surface area contributed by atoms with Gasteiger partial charge in [-0.2, -0.15) is 13.2 Å². The van der Waals surface area contributed by atoms with Crippen LogP contribution in [0.25, 0.3) is 0 Å². The summed E-state index contributed by atoms with van der Waals surface area (Å²) in [5.41, 5.74) is 0.0470. The number of anilines is 1.